The third kappa shape index (κ3) is 3.31. The van der Waals surface area contributed by atoms with Gasteiger partial charge in [-0.1, -0.05) is 24.3 Å². The van der Waals surface area contributed by atoms with E-state index in [1.807, 2.05) is 31.2 Å². The maximum Gasteiger partial charge on any atom is 0.270 e. The van der Waals surface area contributed by atoms with Crippen LogP contribution in [0.4, 0.5) is 0 Å². The number of hydrogen-bond donors (Lipinski definition) is 2. The smallest absolute Gasteiger partial charge is 0.270 e. The lowest BCUT2D eigenvalue weighted by Crippen LogP contribution is -2.29. The summed E-state index contributed by atoms with van der Waals surface area (Å²) in [7, 11) is 0. The summed E-state index contributed by atoms with van der Waals surface area (Å²) in [6.07, 6.45) is 3.08. The zero-order valence-corrected chi connectivity index (χ0v) is 12.5. The van der Waals surface area contributed by atoms with Gasteiger partial charge in [0.05, 0.1) is 6.10 Å². The summed E-state index contributed by atoms with van der Waals surface area (Å²) in [5, 5.41) is 12.9. The lowest BCUT2D eigenvalue weighted by Gasteiger charge is -2.14. The normalized spacial score (nSPS) is 15.4. The van der Waals surface area contributed by atoms with Crippen LogP contribution in [0.25, 0.3) is 0 Å². The van der Waals surface area contributed by atoms with Crippen molar-refractivity contribution in [3.8, 4) is 0 Å². The Labute approximate surface area is 129 Å². The zero-order chi connectivity index (χ0) is 15.5. The van der Waals surface area contributed by atoms with E-state index >= 15 is 0 Å². The maximum atomic E-state index is 12.1. The number of carbonyl (C=O) groups excluding carboxylic acids is 1. The van der Waals surface area contributed by atoms with Gasteiger partial charge in [-0.05, 0) is 37.0 Å². The average molecular weight is 297 g/mol. The van der Waals surface area contributed by atoms with Gasteiger partial charge in [0.2, 0.25) is 0 Å². The molecule has 0 bridgehead atoms. The van der Waals surface area contributed by atoms with Gasteiger partial charge in [0, 0.05) is 18.7 Å². The quantitative estimate of drug-likeness (QED) is 0.886. The molecule has 0 saturated heterocycles. The molecule has 1 saturated carbocycles. The van der Waals surface area contributed by atoms with Crippen molar-refractivity contribution in [1.29, 1.82) is 0 Å². The van der Waals surface area contributed by atoms with Crippen molar-refractivity contribution >= 4 is 5.91 Å². The highest BCUT2D eigenvalue weighted by atomic mass is 16.3. The first-order chi connectivity index (χ1) is 10.6. The molecule has 1 aromatic heterocycles. The molecule has 1 amide bonds. The minimum absolute atomic E-state index is 0.159. The lowest BCUT2D eigenvalue weighted by molar-refractivity contribution is 0.0910. The van der Waals surface area contributed by atoms with Crippen LogP contribution in [0.15, 0.2) is 36.5 Å². The van der Waals surface area contributed by atoms with E-state index in [9.17, 15) is 9.90 Å². The number of aliphatic hydroxyl groups is 1. The van der Waals surface area contributed by atoms with E-state index in [1.165, 1.54) is 0 Å². The number of amides is 1. The predicted molar refractivity (Wildman–Crippen MR) is 82.5 cm³/mol. The van der Waals surface area contributed by atoms with Gasteiger partial charge in [0.25, 0.3) is 5.91 Å². The molecular weight excluding hydrogens is 278 g/mol. The fraction of sp³-hybridized carbons (Fsp3) is 0.353. The average Bonchev–Trinajstić information content (AvgIpc) is 3.38. The van der Waals surface area contributed by atoms with Crippen LogP contribution in [0.1, 0.15) is 52.3 Å². The van der Waals surface area contributed by atoms with E-state index in [2.05, 4.69) is 15.3 Å². The fourth-order valence-electron chi connectivity index (χ4n) is 2.39. The summed E-state index contributed by atoms with van der Waals surface area (Å²) in [4.78, 5) is 20.6. The number of aromatic nitrogens is 2. The van der Waals surface area contributed by atoms with Crippen LogP contribution in [-0.4, -0.2) is 27.5 Å². The Balaban J connectivity index is 1.62. The summed E-state index contributed by atoms with van der Waals surface area (Å²) < 4.78 is 0. The summed E-state index contributed by atoms with van der Waals surface area (Å²) in [5.74, 6) is 0.870. The van der Waals surface area contributed by atoms with Crippen molar-refractivity contribution in [1.82, 2.24) is 15.3 Å². The number of benzene rings is 1. The molecule has 1 fully saturated rings. The van der Waals surface area contributed by atoms with Crippen LogP contribution in [0.3, 0.4) is 0 Å². The Hall–Kier alpha value is -2.27. The first kappa shape index (κ1) is 14.7. The van der Waals surface area contributed by atoms with Gasteiger partial charge in [-0.3, -0.25) is 4.79 Å². The van der Waals surface area contributed by atoms with E-state index in [0.29, 0.717) is 11.6 Å². The van der Waals surface area contributed by atoms with E-state index in [0.717, 1.165) is 29.8 Å². The molecule has 1 aliphatic carbocycles. The second-order valence-corrected chi connectivity index (χ2v) is 5.66. The highest BCUT2D eigenvalue weighted by Gasteiger charge is 2.27. The Morgan fingerprint density at radius 3 is 2.86 bits per heavy atom. The standard InChI is InChI=1S/C17H19N3O2/c1-11-4-2-3-5-13(11)15(21)10-19-17(22)14-8-9-18-16(20-14)12-6-7-12/h2-5,8-9,12,15,21H,6-7,10H2,1H3,(H,19,22). The number of aryl methyl sites for hydroxylation is 1. The topological polar surface area (TPSA) is 75.1 Å². The minimum atomic E-state index is -0.727. The molecule has 0 aliphatic heterocycles. The summed E-state index contributed by atoms with van der Waals surface area (Å²) in [6.45, 7) is 2.10. The largest absolute Gasteiger partial charge is 0.387 e. The summed E-state index contributed by atoms with van der Waals surface area (Å²) in [5.41, 5.74) is 2.18. The van der Waals surface area contributed by atoms with Crippen LogP contribution in [-0.2, 0) is 0 Å². The molecular formula is C17H19N3O2. The number of aliphatic hydroxyl groups excluding tert-OH is 1. The molecule has 2 N–H and O–H groups in total. The molecule has 0 radical (unpaired) electrons. The van der Waals surface area contributed by atoms with Crippen LogP contribution in [0.2, 0.25) is 0 Å². The second kappa shape index (κ2) is 6.23. The van der Waals surface area contributed by atoms with Crippen LogP contribution >= 0.6 is 0 Å². The maximum absolute atomic E-state index is 12.1. The zero-order valence-electron chi connectivity index (χ0n) is 12.5. The van der Waals surface area contributed by atoms with E-state index < -0.39 is 6.10 Å². The summed E-state index contributed by atoms with van der Waals surface area (Å²) in [6, 6.07) is 9.19. The number of rotatable bonds is 5. The Bertz CT molecular complexity index is 683. The highest BCUT2D eigenvalue weighted by molar-refractivity contribution is 5.92. The molecule has 22 heavy (non-hydrogen) atoms. The molecule has 1 aromatic carbocycles. The van der Waals surface area contributed by atoms with E-state index in [4.69, 9.17) is 0 Å². The molecule has 3 rings (SSSR count). The van der Waals surface area contributed by atoms with Gasteiger partial charge < -0.3 is 10.4 Å². The molecule has 1 heterocycles. The third-order valence-electron chi connectivity index (χ3n) is 3.85. The molecule has 114 valence electrons. The van der Waals surface area contributed by atoms with Crippen molar-refractivity contribution in [3.05, 3.63) is 59.2 Å². The molecule has 0 spiro atoms. The van der Waals surface area contributed by atoms with Crippen molar-refractivity contribution in [2.45, 2.75) is 31.8 Å². The minimum Gasteiger partial charge on any atom is -0.387 e. The van der Waals surface area contributed by atoms with Gasteiger partial charge in [0.1, 0.15) is 11.5 Å². The van der Waals surface area contributed by atoms with Crippen molar-refractivity contribution in [3.63, 3.8) is 0 Å². The highest BCUT2D eigenvalue weighted by Crippen LogP contribution is 2.37. The predicted octanol–water partition coefficient (Wildman–Crippen LogP) is 2.13. The van der Waals surface area contributed by atoms with Gasteiger partial charge >= 0.3 is 0 Å². The Kier molecular flexibility index (Phi) is 4.15. The van der Waals surface area contributed by atoms with Crippen LogP contribution in [0, 0.1) is 6.92 Å². The van der Waals surface area contributed by atoms with Crippen molar-refractivity contribution < 1.29 is 9.90 Å². The van der Waals surface area contributed by atoms with Gasteiger partial charge in [-0.15, -0.1) is 0 Å². The molecule has 5 heteroatoms. The van der Waals surface area contributed by atoms with Gasteiger partial charge in [0.15, 0.2) is 0 Å². The first-order valence-electron chi connectivity index (χ1n) is 7.50. The fourth-order valence-corrected chi connectivity index (χ4v) is 2.39. The van der Waals surface area contributed by atoms with Crippen molar-refractivity contribution in [2.75, 3.05) is 6.54 Å². The number of hydrogen-bond acceptors (Lipinski definition) is 4. The number of carbonyl (C=O) groups is 1. The summed E-state index contributed by atoms with van der Waals surface area (Å²) >= 11 is 0. The first-order valence-corrected chi connectivity index (χ1v) is 7.50. The molecule has 2 aromatic rings. The van der Waals surface area contributed by atoms with Gasteiger partial charge in [-0.2, -0.15) is 0 Å². The van der Waals surface area contributed by atoms with E-state index in [1.54, 1.807) is 12.3 Å². The molecule has 5 nitrogen and oxygen atoms in total. The molecule has 1 unspecified atom stereocenters. The van der Waals surface area contributed by atoms with Crippen molar-refractivity contribution in [2.24, 2.45) is 0 Å². The molecule has 1 atom stereocenters. The second-order valence-electron chi connectivity index (χ2n) is 5.66. The Morgan fingerprint density at radius 1 is 1.36 bits per heavy atom. The van der Waals surface area contributed by atoms with Gasteiger partial charge in [-0.25, -0.2) is 9.97 Å². The van der Waals surface area contributed by atoms with E-state index in [-0.39, 0.29) is 12.5 Å². The lowest BCUT2D eigenvalue weighted by atomic mass is 10.0. The van der Waals surface area contributed by atoms with Crippen LogP contribution < -0.4 is 5.32 Å². The van der Waals surface area contributed by atoms with Crippen LogP contribution in [0.5, 0.6) is 0 Å². The Morgan fingerprint density at radius 2 is 2.14 bits per heavy atom. The monoisotopic (exact) mass is 297 g/mol. The third-order valence-corrected chi connectivity index (χ3v) is 3.85. The molecule has 1 aliphatic rings. The number of nitrogens with zero attached hydrogens (tertiary/aromatic N) is 2. The SMILES string of the molecule is Cc1ccccc1C(O)CNC(=O)c1ccnc(C2CC2)n1. The number of nitrogens with one attached hydrogen (secondary N) is 1.